The maximum atomic E-state index is 12.2. The smallest absolute Gasteiger partial charge is 0.257 e. The highest BCUT2D eigenvalue weighted by Crippen LogP contribution is 2.12. The van der Waals surface area contributed by atoms with Crippen molar-refractivity contribution in [2.24, 2.45) is 0 Å². The van der Waals surface area contributed by atoms with Crippen LogP contribution < -0.4 is 5.32 Å². The van der Waals surface area contributed by atoms with Gasteiger partial charge in [-0.05, 0) is 32.0 Å². The average Bonchev–Trinajstić information content (AvgIpc) is 3.04. The Kier molecular flexibility index (Phi) is 2.98. The highest BCUT2D eigenvalue weighted by atomic mass is 16.3. The molecule has 0 bridgehead atoms. The molecule has 0 aliphatic rings. The number of hydrogen-bond acceptors (Lipinski definition) is 4. The van der Waals surface area contributed by atoms with Crippen molar-refractivity contribution in [1.29, 1.82) is 0 Å². The first-order chi connectivity index (χ1) is 9.65. The minimum atomic E-state index is -0.214. The number of rotatable bonds is 3. The zero-order chi connectivity index (χ0) is 14.1. The molecule has 0 unspecified atom stereocenters. The van der Waals surface area contributed by atoms with Gasteiger partial charge < -0.3 is 9.73 Å². The van der Waals surface area contributed by atoms with Crippen molar-refractivity contribution in [3.05, 3.63) is 53.4 Å². The number of furan rings is 1. The summed E-state index contributed by atoms with van der Waals surface area (Å²) in [7, 11) is 0. The summed E-state index contributed by atoms with van der Waals surface area (Å²) in [5.74, 6) is 0.490. The van der Waals surface area contributed by atoms with E-state index in [1.807, 2.05) is 26.0 Å². The molecule has 0 fully saturated rings. The first kappa shape index (κ1) is 12.4. The summed E-state index contributed by atoms with van der Waals surface area (Å²) in [6.07, 6.45) is 3.11. The van der Waals surface area contributed by atoms with Crippen LogP contribution in [-0.2, 0) is 6.54 Å². The Labute approximate surface area is 115 Å². The molecular weight excluding hydrogens is 256 g/mol. The van der Waals surface area contributed by atoms with Gasteiger partial charge in [0.2, 0.25) is 0 Å². The number of fused-ring (bicyclic) bond motifs is 1. The second-order valence-corrected chi connectivity index (χ2v) is 4.59. The monoisotopic (exact) mass is 270 g/mol. The number of aryl methyl sites for hydroxylation is 2. The maximum Gasteiger partial charge on any atom is 0.257 e. The number of nitrogens with zero attached hydrogens (tertiary/aromatic N) is 3. The van der Waals surface area contributed by atoms with E-state index in [0.717, 1.165) is 11.4 Å². The summed E-state index contributed by atoms with van der Waals surface area (Å²) in [6.45, 7) is 4.16. The third-order valence-electron chi connectivity index (χ3n) is 3.03. The van der Waals surface area contributed by atoms with Crippen molar-refractivity contribution in [3.63, 3.8) is 0 Å². The molecule has 3 heterocycles. The van der Waals surface area contributed by atoms with Crippen LogP contribution in [0.15, 0.2) is 35.1 Å². The van der Waals surface area contributed by atoms with Gasteiger partial charge in [-0.1, -0.05) is 0 Å². The van der Waals surface area contributed by atoms with E-state index < -0.39 is 0 Å². The van der Waals surface area contributed by atoms with E-state index >= 15 is 0 Å². The quantitative estimate of drug-likeness (QED) is 0.788. The molecule has 3 aromatic rings. The van der Waals surface area contributed by atoms with Gasteiger partial charge in [0.1, 0.15) is 11.3 Å². The molecule has 20 heavy (non-hydrogen) atoms. The fraction of sp³-hybridized carbons (Fsp3) is 0.214. The molecule has 0 saturated heterocycles. The van der Waals surface area contributed by atoms with Gasteiger partial charge in [-0.2, -0.15) is 5.10 Å². The van der Waals surface area contributed by atoms with Crippen LogP contribution in [0.4, 0.5) is 0 Å². The molecule has 1 amide bonds. The topological polar surface area (TPSA) is 72.4 Å². The van der Waals surface area contributed by atoms with Crippen molar-refractivity contribution < 1.29 is 9.21 Å². The molecule has 102 valence electrons. The minimum absolute atomic E-state index is 0.214. The van der Waals surface area contributed by atoms with Crippen LogP contribution in [-0.4, -0.2) is 20.5 Å². The van der Waals surface area contributed by atoms with Crippen LogP contribution in [0.5, 0.6) is 0 Å². The number of carbonyl (C=O) groups excluding carboxylic acids is 1. The largest absolute Gasteiger partial charge is 0.467 e. The highest BCUT2D eigenvalue weighted by molar-refractivity contribution is 5.99. The van der Waals surface area contributed by atoms with Crippen LogP contribution in [0, 0.1) is 13.8 Å². The Morgan fingerprint density at radius 1 is 1.45 bits per heavy atom. The van der Waals surface area contributed by atoms with Crippen LogP contribution in [0.25, 0.3) is 5.65 Å². The molecule has 0 aliphatic heterocycles. The van der Waals surface area contributed by atoms with Gasteiger partial charge in [0, 0.05) is 11.4 Å². The SMILES string of the molecule is Cc1cc(C)n2ncc(C(=O)NCc3ccco3)c2n1. The van der Waals surface area contributed by atoms with Crippen molar-refractivity contribution in [2.75, 3.05) is 0 Å². The molecule has 6 nitrogen and oxygen atoms in total. The molecule has 3 rings (SSSR count). The second kappa shape index (κ2) is 4.80. The van der Waals surface area contributed by atoms with E-state index in [9.17, 15) is 4.79 Å². The summed E-state index contributed by atoms with van der Waals surface area (Å²) in [6, 6.07) is 5.51. The lowest BCUT2D eigenvalue weighted by atomic mass is 10.3. The van der Waals surface area contributed by atoms with E-state index in [4.69, 9.17) is 4.42 Å². The lowest BCUT2D eigenvalue weighted by Gasteiger charge is -2.03. The minimum Gasteiger partial charge on any atom is -0.467 e. The Balaban J connectivity index is 1.88. The van der Waals surface area contributed by atoms with Crippen molar-refractivity contribution in [2.45, 2.75) is 20.4 Å². The van der Waals surface area contributed by atoms with Gasteiger partial charge in [-0.3, -0.25) is 4.79 Å². The summed E-state index contributed by atoms with van der Waals surface area (Å²) in [5, 5.41) is 6.99. The molecule has 0 spiro atoms. The van der Waals surface area contributed by atoms with E-state index in [0.29, 0.717) is 23.5 Å². The number of carbonyl (C=O) groups is 1. The number of amides is 1. The lowest BCUT2D eigenvalue weighted by molar-refractivity contribution is 0.0949. The summed E-state index contributed by atoms with van der Waals surface area (Å²) in [5.41, 5.74) is 2.83. The lowest BCUT2D eigenvalue weighted by Crippen LogP contribution is -2.22. The Morgan fingerprint density at radius 2 is 2.30 bits per heavy atom. The van der Waals surface area contributed by atoms with Crippen LogP contribution in [0.3, 0.4) is 0 Å². The van der Waals surface area contributed by atoms with Crippen molar-refractivity contribution in [3.8, 4) is 0 Å². The van der Waals surface area contributed by atoms with Gasteiger partial charge in [0.15, 0.2) is 5.65 Å². The number of hydrogen-bond donors (Lipinski definition) is 1. The molecule has 0 atom stereocenters. The zero-order valence-electron chi connectivity index (χ0n) is 11.3. The predicted molar refractivity (Wildman–Crippen MR) is 72.3 cm³/mol. The standard InChI is InChI=1S/C14H14N4O2/c1-9-6-10(2)18-13(17-9)12(8-16-18)14(19)15-7-11-4-3-5-20-11/h3-6,8H,7H2,1-2H3,(H,15,19). The van der Waals surface area contributed by atoms with Crippen LogP contribution in [0.2, 0.25) is 0 Å². The Hall–Kier alpha value is -2.63. The number of nitrogens with one attached hydrogen (secondary N) is 1. The molecule has 6 heteroatoms. The van der Waals surface area contributed by atoms with Gasteiger partial charge >= 0.3 is 0 Å². The number of aromatic nitrogens is 3. The van der Waals surface area contributed by atoms with Crippen LogP contribution in [0.1, 0.15) is 27.5 Å². The van der Waals surface area contributed by atoms with Gasteiger partial charge in [0.25, 0.3) is 5.91 Å². The first-order valence-corrected chi connectivity index (χ1v) is 6.28. The second-order valence-electron chi connectivity index (χ2n) is 4.59. The van der Waals surface area contributed by atoms with Crippen molar-refractivity contribution in [1.82, 2.24) is 19.9 Å². The Bertz CT molecular complexity index is 759. The van der Waals surface area contributed by atoms with Gasteiger partial charge in [-0.25, -0.2) is 9.50 Å². The fourth-order valence-corrected chi connectivity index (χ4v) is 2.11. The molecule has 0 saturated carbocycles. The van der Waals surface area contributed by atoms with E-state index in [-0.39, 0.29) is 5.91 Å². The molecule has 0 radical (unpaired) electrons. The predicted octanol–water partition coefficient (Wildman–Crippen LogP) is 1.87. The van der Waals surface area contributed by atoms with Gasteiger partial charge in [-0.15, -0.1) is 0 Å². The molecular formula is C14H14N4O2. The molecule has 0 aromatic carbocycles. The summed E-state index contributed by atoms with van der Waals surface area (Å²) < 4.78 is 6.84. The normalized spacial score (nSPS) is 10.9. The molecule has 3 aromatic heterocycles. The highest BCUT2D eigenvalue weighted by Gasteiger charge is 2.15. The zero-order valence-corrected chi connectivity index (χ0v) is 11.3. The third kappa shape index (κ3) is 2.16. The molecule has 0 aliphatic carbocycles. The van der Waals surface area contributed by atoms with E-state index in [2.05, 4.69) is 15.4 Å². The van der Waals surface area contributed by atoms with E-state index in [1.54, 1.807) is 16.8 Å². The fourth-order valence-electron chi connectivity index (χ4n) is 2.11. The first-order valence-electron chi connectivity index (χ1n) is 6.28. The van der Waals surface area contributed by atoms with Crippen LogP contribution >= 0.6 is 0 Å². The third-order valence-corrected chi connectivity index (χ3v) is 3.03. The maximum absolute atomic E-state index is 12.2. The molecule has 1 N–H and O–H groups in total. The Morgan fingerprint density at radius 3 is 3.05 bits per heavy atom. The van der Waals surface area contributed by atoms with Crippen molar-refractivity contribution >= 4 is 11.6 Å². The average molecular weight is 270 g/mol. The van der Waals surface area contributed by atoms with E-state index in [1.165, 1.54) is 6.20 Å². The summed E-state index contributed by atoms with van der Waals surface area (Å²) in [4.78, 5) is 16.6. The summed E-state index contributed by atoms with van der Waals surface area (Å²) >= 11 is 0. The van der Waals surface area contributed by atoms with Gasteiger partial charge in [0.05, 0.1) is 19.0 Å².